The first-order valence-corrected chi connectivity index (χ1v) is 7.09. The summed E-state index contributed by atoms with van der Waals surface area (Å²) in [7, 11) is 4.30. The Labute approximate surface area is 110 Å². The van der Waals surface area contributed by atoms with E-state index in [9.17, 15) is 0 Å². The van der Waals surface area contributed by atoms with Crippen LogP contribution in [0.5, 0.6) is 0 Å². The van der Waals surface area contributed by atoms with Gasteiger partial charge in [-0.1, -0.05) is 12.8 Å². The van der Waals surface area contributed by atoms with E-state index < -0.39 is 0 Å². The summed E-state index contributed by atoms with van der Waals surface area (Å²) in [5, 5.41) is 0. The van der Waals surface area contributed by atoms with Crippen LogP contribution in [0.2, 0.25) is 0 Å². The van der Waals surface area contributed by atoms with Crippen LogP contribution < -0.4 is 5.73 Å². The zero-order chi connectivity index (χ0) is 13.0. The molecule has 4 heteroatoms. The molecule has 1 saturated carbocycles. The SMILES string of the molecule is CN(CCc1nccn1C)C1CCCCC1CN. The van der Waals surface area contributed by atoms with Crippen molar-refractivity contribution < 1.29 is 0 Å². The molecule has 0 spiro atoms. The molecule has 4 nitrogen and oxygen atoms in total. The number of nitrogens with two attached hydrogens (primary N) is 1. The van der Waals surface area contributed by atoms with Crippen LogP contribution in [0, 0.1) is 5.92 Å². The van der Waals surface area contributed by atoms with Crippen molar-refractivity contribution in [3.63, 3.8) is 0 Å². The fraction of sp³-hybridized carbons (Fsp3) is 0.786. The lowest BCUT2D eigenvalue weighted by Crippen LogP contribution is -2.43. The van der Waals surface area contributed by atoms with E-state index in [0.717, 1.165) is 19.5 Å². The van der Waals surface area contributed by atoms with E-state index in [1.807, 2.05) is 12.4 Å². The van der Waals surface area contributed by atoms with Crippen LogP contribution >= 0.6 is 0 Å². The fourth-order valence-corrected chi connectivity index (χ4v) is 3.12. The first-order valence-electron chi connectivity index (χ1n) is 7.09. The minimum absolute atomic E-state index is 0.670. The smallest absolute Gasteiger partial charge is 0.109 e. The van der Waals surface area contributed by atoms with Gasteiger partial charge in [0.2, 0.25) is 0 Å². The van der Waals surface area contributed by atoms with Crippen LogP contribution in [0.1, 0.15) is 31.5 Å². The van der Waals surface area contributed by atoms with Gasteiger partial charge in [0.05, 0.1) is 0 Å². The molecule has 1 aliphatic carbocycles. The molecule has 2 unspecified atom stereocenters. The van der Waals surface area contributed by atoms with E-state index in [0.29, 0.717) is 12.0 Å². The van der Waals surface area contributed by atoms with Crippen molar-refractivity contribution in [2.24, 2.45) is 18.7 Å². The minimum Gasteiger partial charge on any atom is -0.338 e. The van der Waals surface area contributed by atoms with Crippen molar-refractivity contribution in [1.82, 2.24) is 14.5 Å². The molecule has 102 valence electrons. The number of hydrogen-bond donors (Lipinski definition) is 1. The summed E-state index contributed by atoms with van der Waals surface area (Å²) >= 11 is 0. The van der Waals surface area contributed by atoms with Gasteiger partial charge in [-0.25, -0.2) is 4.98 Å². The van der Waals surface area contributed by atoms with Crippen LogP contribution in [0.4, 0.5) is 0 Å². The van der Waals surface area contributed by atoms with Gasteiger partial charge in [-0.3, -0.25) is 0 Å². The van der Waals surface area contributed by atoms with E-state index >= 15 is 0 Å². The molecule has 1 aromatic rings. The van der Waals surface area contributed by atoms with Gasteiger partial charge in [-0.15, -0.1) is 0 Å². The van der Waals surface area contributed by atoms with Gasteiger partial charge in [-0.05, 0) is 32.4 Å². The number of aryl methyl sites for hydroxylation is 1. The lowest BCUT2D eigenvalue weighted by molar-refractivity contribution is 0.134. The van der Waals surface area contributed by atoms with E-state index in [4.69, 9.17) is 5.73 Å². The monoisotopic (exact) mass is 250 g/mol. The van der Waals surface area contributed by atoms with Gasteiger partial charge in [-0.2, -0.15) is 0 Å². The molecule has 2 atom stereocenters. The third-order valence-electron chi connectivity index (χ3n) is 4.35. The van der Waals surface area contributed by atoms with Crippen molar-refractivity contribution in [3.8, 4) is 0 Å². The highest BCUT2D eigenvalue weighted by molar-refractivity contribution is 4.92. The van der Waals surface area contributed by atoms with Gasteiger partial charge in [0.25, 0.3) is 0 Å². The Morgan fingerprint density at radius 1 is 1.44 bits per heavy atom. The lowest BCUT2D eigenvalue weighted by Gasteiger charge is -2.37. The second kappa shape index (κ2) is 6.34. The van der Waals surface area contributed by atoms with Crippen molar-refractivity contribution in [2.45, 2.75) is 38.1 Å². The highest BCUT2D eigenvalue weighted by Gasteiger charge is 2.26. The Morgan fingerprint density at radius 2 is 2.22 bits per heavy atom. The van der Waals surface area contributed by atoms with Crippen molar-refractivity contribution in [1.29, 1.82) is 0 Å². The summed E-state index contributed by atoms with van der Waals surface area (Å²) in [6.45, 7) is 1.91. The minimum atomic E-state index is 0.670. The topological polar surface area (TPSA) is 47.1 Å². The number of aromatic nitrogens is 2. The molecule has 2 N–H and O–H groups in total. The number of imidazole rings is 1. The largest absolute Gasteiger partial charge is 0.338 e. The molecular formula is C14H26N4. The molecule has 18 heavy (non-hydrogen) atoms. The third-order valence-corrected chi connectivity index (χ3v) is 4.35. The van der Waals surface area contributed by atoms with Gasteiger partial charge in [0.1, 0.15) is 5.82 Å². The maximum Gasteiger partial charge on any atom is 0.109 e. The molecule has 0 radical (unpaired) electrons. The van der Waals surface area contributed by atoms with Crippen LogP contribution in [-0.4, -0.2) is 40.6 Å². The van der Waals surface area contributed by atoms with Crippen molar-refractivity contribution in [3.05, 3.63) is 18.2 Å². The molecular weight excluding hydrogens is 224 g/mol. The summed E-state index contributed by atoms with van der Waals surface area (Å²) in [5.41, 5.74) is 5.90. The highest BCUT2D eigenvalue weighted by atomic mass is 15.1. The molecule has 1 aromatic heterocycles. The number of hydrogen-bond acceptors (Lipinski definition) is 3. The summed E-state index contributed by atoms with van der Waals surface area (Å²) in [5.74, 6) is 1.85. The third kappa shape index (κ3) is 3.12. The highest BCUT2D eigenvalue weighted by Crippen LogP contribution is 2.27. The zero-order valence-corrected chi connectivity index (χ0v) is 11.7. The predicted molar refractivity (Wildman–Crippen MR) is 74.3 cm³/mol. The number of nitrogens with zero attached hydrogens (tertiary/aromatic N) is 3. The van der Waals surface area contributed by atoms with Crippen LogP contribution in [0.3, 0.4) is 0 Å². The average Bonchev–Trinajstić information content (AvgIpc) is 2.81. The Kier molecular flexibility index (Phi) is 4.78. The van der Waals surface area contributed by atoms with E-state index in [-0.39, 0.29) is 0 Å². The average molecular weight is 250 g/mol. The van der Waals surface area contributed by atoms with E-state index in [1.54, 1.807) is 0 Å². The lowest BCUT2D eigenvalue weighted by atomic mass is 9.83. The van der Waals surface area contributed by atoms with Crippen molar-refractivity contribution >= 4 is 0 Å². The van der Waals surface area contributed by atoms with Gasteiger partial charge in [0.15, 0.2) is 0 Å². The fourth-order valence-electron chi connectivity index (χ4n) is 3.12. The van der Waals surface area contributed by atoms with Gasteiger partial charge in [0, 0.05) is 38.4 Å². The molecule has 0 aliphatic heterocycles. The standard InChI is InChI=1S/C14H26N4/c1-17(9-7-14-16-8-10-18(14)2)13-6-4-3-5-12(13)11-15/h8,10,12-13H,3-7,9,11,15H2,1-2H3. The first kappa shape index (κ1) is 13.6. The normalized spacial score (nSPS) is 24.7. The Bertz CT molecular complexity index is 360. The maximum absolute atomic E-state index is 5.90. The Hall–Kier alpha value is -0.870. The molecule has 1 heterocycles. The molecule has 0 amide bonds. The second-order valence-corrected chi connectivity index (χ2v) is 5.53. The number of rotatable bonds is 5. The maximum atomic E-state index is 5.90. The van der Waals surface area contributed by atoms with E-state index in [2.05, 4.69) is 28.5 Å². The predicted octanol–water partition coefficient (Wildman–Crippen LogP) is 1.41. The zero-order valence-electron chi connectivity index (χ0n) is 11.7. The second-order valence-electron chi connectivity index (χ2n) is 5.53. The quantitative estimate of drug-likeness (QED) is 0.859. The molecule has 0 saturated heterocycles. The molecule has 1 aliphatic rings. The van der Waals surface area contributed by atoms with Crippen LogP contribution in [0.25, 0.3) is 0 Å². The first-order chi connectivity index (χ1) is 8.72. The van der Waals surface area contributed by atoms with Gasteiger partial charge >= 0.3 is 0 Å². The molecule has 0 aromatic carbocycles. The van der Waals surface area contributed by atoms with Crippen LogP contribution in [-0.2, 0) is 13.5 Å². The van der Waals surface area contributed by atoms with E-state index in [1.165, 1.54) is 31.5 Å². The summed E-state index contributed by atoms with van der Waals surface area (Å²) in [6, 6.07) is 0.670. The van der Waals surface area contributed by atoms with Crippen LogP contribution in [0.15, 0.2) is 12.4 Å². The Morgan fingerprint density at radius 3 is 2.89 bits per heavy atom. The number of likely N-dealkylation sites (N-methyl/N-ethyl adjacent to an activating group) is 1. The summed E-state index contributed by atoms with van der Waals surface area (Å²) < 4.78 is 2.11. The summed E-state index contributed by atoms with van der Waals surface area (Å²) in [6.07, 6.45) is 10.2. The Balaban J connectivity index is 1.86. The molecule has 2 rings (SSSR count). The molecule has 1 fully saturated rings. The van der Waals surface area contributed by atoms with Crippen molar-refractivity contribution in [2.75, 3.05) is 20.1 Å². The van der Waals surface area contributed by atoms with Gasteiger partial charge < -0.3 is 15.2 Å². The summed E-state index contributed by atoms with van der Waals surface area (Å²) in [4.78, 5) is 6.88. The molecule has 0 bridgehead atoms.